The minimum atomic E-state index is -3.78. The Hall–Kier alpha value is -1.75. The predicted octanol–water partition coefficient (Wildman–Crippen LogP) is 1.98. The van der Waals surface area contributed by atoms with Crippen LogP contribution in [0.2, 0.25) is 0 Å². The van der Waals surface area contributed by atoms with Crippen molar-refractivity contribution < 1.29 is 22.3 Å². The molecule has 2 aliphatic heterocycles. The van der Waals surface area contributed by atoms with Gasteiger partial charge < -0.3 is 15.0 Å². The van der Waals surface area contributed by atoms with Crippen LogP contribution in [-0.2, 0) is 14.8 Å². The van der Waals surface area contributed by atoms with Crippen LogP contribution < -0.4 is 5.32 Å². The van der Waals surface area contributed by atoms with E-state index in [-0.39, 0.29) is 30.1 Å². The monoisotopic (exact) mass is 470 g/mol. The third kappa shape index (κ3) is 5.98. The maximum atomic E-state index is 13.5. The summed E-state index contributed by atoms with van der Waals surface area (Å²) >= 11 is 0. The van der Waals surface area contributed by atoms with Crippen LogP contribution in [0.15, 0.2) is 29.2 Å². The average molecular weight is 471 g/mol. The quantitative estimate of drug-likeness (QED) is 0.628. The van der Waals surface area contributed by atoms with Crippen LogP contribution in [-0.4, -0.2) is 93.6 Å². The van der Waals surface area contributed by atoms with Crippen molar-refractivity contribution in [2.75, 3.05) is 59.0 Å². The Balaban J connectivity index is 1.55. The fraction of sp³-hybridized carbons (Fsp3) is 0.682. The van der Waals surface area contributed by atoms with Crippen LogP contribution in [0.25, 0.3) is 0 Å². The molecular formula is C22H35FN4O4S. The summed E-state index contributed by atoms with van der Waals surface area (Å²) in [5.74, 6) is -0.0990. The van der Waals surface area contributed by atoms with E-state index in [1.165, 1.54) is 22.5 Å². The van der Waals surface area contributed by atoms with E-state index in [0.717, 1.165) is 32.0 Å². The van der Waals surface area contributed by atoms with E-state index < -0.39 is 15.8 Å². The highest BCUT2D eigenvalue weighted by atomic mass is 32.2. The largest absolute Gasteiger partial charge is 0.379 e. The number of carbonyl (C=O) groups is 1. The standard InChI is InChI=1S/C22H35FN4O4S/c1-3-18(4-2)21(25-12-14-31-15-13-25)17-24-22(28)26-8-10-27(11-9-26)32(29,30)20-7-5-6-19(23)16-20/h5-7,16,18,21H,3-4,8-15,17H2,1-2H3,(H,24,28). The van der Waals surface area contributed by atoms with Gasteiger partial charge in [-0.25, -0.2) is 17.6 Å². The zero-order valence-corrected chi connectivity index (χ0v) is 19.8. The van der Waals surface area contributed by atoms with Crippen LogP contribution in [0, 0.1) is 11.7 Å². The van der Waals surface area contributed by atoms with Crippen LogP contribution in [0.5, 0.6) is 0 Å². The number of ether oxygens (including phenoxy) is 1. The second kappa shape index (κ2) is 11.4. The molecule has 1 atom stereocenters. The van der Waals surface area contributed by atoms with Gasteiger partial charge in [-0.1, -0.05) is 32.8 Å². The van der Waals surface area contributed by atoms with Gasteiger partial charge in [-0.15, -0.1) is 0 Å². The summed E-state index contributed by atoms with van der Waals surface area (Å²) in [7, 11) is -3.78. The summed E-state index contributed by atoms with van der Waals surface area (Å²) in [4.78, 5) is 16.8. The van der Waals surface area contributed by atoms with E-state index >= 15 is 0 Å². The lowest BCUT2D eigenvalue weighted by molar-refractivity contribution is 0.00205. The second-order valence-corrected chi connectivity index (χ2v) is 10.3. The molecule has 0 saturated carbocycles. The van der Waals surface area contributed by atoms with Crippen molar-refractivity contribution in [3.63, 3.8) is 0 Å². The van der Waals surface area contributed by atoms with Gasteiger partial charge in [0.05, 0.1) is 18.1 Å². The van der Waals surface area contributed by atoms with Gasteiger partial charge in [0.25, 0.3) is 0 Å². The Morgan fingerprint density at radius 1 is 1.09 bits per heavy atom. The molecule has 0 aromatic heterocycles. The molecule has 2 aliphatic rings. The summed E-state index contributed by atoms with van der Waals surface area (Å²) in [6, 6.07) is 5.10. The van der Waals surface area contributed by atoms with E-state index in [1.807, 2.05) is 0 Å². The second-order valence-electron chi connectivity index (χ2n) is 8.33. The summed E-state index contributed by atoms with van der Waals surface area (Å²) < 4.78 is 45.8. The number of piperazine rings is 1. The van der Waals surface area contributed by atoms with Crippen molar-refractivity contribution in [1.82, 2.24) is 19.4 Å². The van der Waals surface area contributed by atoms with Gasteiger partial charge in [-0.05, 0) is 24.1 Å². The lowest BCUT2D eigenvalue weighted by Gasteiger charge is -2.39. The fourth-order valence-electron chi connectivity index (χ4n) is 4.55. The van der Waals surface area contributed by atoms with E-state index in [1.54, 1.807) is 4.90 Å². The molecule has 2 amide bonds. The first-order valence-corrected chi connectivity index (χ1v) is 12.9. The van der Waals surface area contributed by atoms with Gasteiger partial charge >= 0.3 is 6.03 Å². The lowest BCUT2D eigenvalue weighted by Crippen LogP contribution is -2.56. The van der Waals surface area contributed by atoms with Crippen LogP contribution in [0.3, 0.4) is 0 Å². The first-order chi connectivity index (χ1) is 15.4. The predicted molar refractivity (Wildman–Crippen MR) is 120 cm³/mol. The Bertz CT molecular complexity index is 851. The van der Waals surface area contributed by atoms with Crippen molar-refractivity contribution in [2.45, 2.75) is 37.6 Å². The number of morpholine rings is 1. The number of carbonyl (C=O) groups excluding carboxylic acids is 1. The maximum Gasteiger partial charge on any atom is 0.317 e. The highest BCUT2D eigenvalue weighted by Crippen LogP contribution is 2.21. The molecule has 0 spiro atoms. The number of nitrogens with one attached hydrogen (secondary N) is 1. The number of halogens is 1. The van der Waals surface area contributed by atoms with E-state index in [0.29, 0.717) is 38.8 Å². The Labute approximate surface area is 190 Å². The molecule has 2 fully saturated rings. The van der Waals surface area contributed by atoms with Gasteiger partial charge in [0.1, 0.15) is 5.82 Å². The highest BCUT2D eigenvalue weighted by molar-refractivity contribution is 7.89. The third-order valence-corrected chi connectivity index (χ3v) is 8.42. The number of sulfonamides is 1. The molecule has 32 heavy (non-hydrogen) atoms. The average Bonchev–Trinajstić information content (AvgIpc) is 2.82. The number of hydrogen-bond acceptors (Lipinski definition) is 5. The van der Waals surface area contributed by atoms with E-state index in [2.05, 4.69) is 24.1 Å². The minimum absolute atomic E-state index is 0.0612. The number of benzene rings is 1. The molecule has 2 heterocycles. The fourth-order valence-corrected chi connectivity index (χ4v) is 6.00. The van der Waals surface area contributed by atoms with Gasteiger partial charge in [-0.3, -0.25) is 4.90 Å². The molecule has 180 valence electrons. The molecule has 8 nitrogen and oxygen atoms in total. The molecule has 3 rings (SSSR count). The highest BCUT2D eigenvalue weighted by Gasteiger charge is 2.32. The Morgan fingerprint density at radius 2 is 1.75 bits per heavy atom. The first kappa shape index (κ1) is 24.9. The molecule has 0 aliphatic carbocycles. The summed E-state index contributed by atoms with van der Waals surface area (Å²) in [5, 5.41) is 3.08. The van der Waals surface area contributed by atoms with E-state index in [4.69, 9.17) is 4.74 Å². The van der Waals surface area contributed by atoms with Crippen molar-refractivity contribution in [3.05, 3.63) is 30.1 Å². The molecule has 1 aromatic carbocycles. The number of nitrogens with zero attached hydrogens (tertiary/aromatic N) is 3. The molecule has 10 heteroatoms. The zero-order chi connectivity index (χ0) is 23.1. The Morgan fingerprint density at radius 3 is 2.34 bits per heavy atom. The number of amides is 2. The third-order valence-electron chi connectivity index (χ3n) is 6.53. The number of rotatable bonds is 8. The molecule has 0 radical (unpaired) electrons. The van der Waals surface area contributed by atoms with Crippen molar-refractivity contribution in [3.8, 4) is 0 Å². The molecular weight excluding hydrogens is 435 g/mol. The van der Waals surface area contributed by atoms with Crippen molar-refractivity contribution in [2.24, 2.45) is 5.92 Å². The van der Waals surface area contributed by atoms with Gasteiger partial charge in [0.15, 0.2) is 0 Å². The summed E-state index contributed by atoms with van der Waals surface area (Å²) in [6.07, 6.45) is 2.09. The normalized spacial score (nSPS) is 19.8. The number of urea groups is 1. The maximum absolute atomic E-state index is 13.5. The summed E-state index contributed by atoms with van der Waals surface area (Å²) in [5.41, 5.74) is 0. The number of hydrogen-bond donors (Lipinski definition) is 1. The molecule has 1 unspecified atom stereocenters. The van der Waals surface area contributed by atoms with Gasteiger partial charge in [-0.2, -0.15) is 4.31 Å². The van der Waals surface area contributed by atoms with Crippen LogP contribution in [0.4, 0.5) is 9.18 Å². The van der Waals surface area contributed by atoms with Gasteiger partial charge in [0, 0.05) is 51.9 Å². The van der Waals surface area contributed by atoms with Crippen molar-refractivity contribution >= 4 is 16.1 Å². The molecule has 2 saturated heterocycles. The van der Waals surface area contributed by atoms with Crippen LogP contribution in [0.1, 0.15) is 26.7 Å². The lowest BCUT2D eigenvalue weighted by atomic mass is 9.92. The minimum Gasteiger partial charge on any atom is -0.379 e. The molecule has 1 aromatic rings. The van der Waals surface area contributed by atoms with Gasteiger partial charge in [0.2, 0.25) is 10.0 Å². The van der Waals surface area contributed by atoms with Crippen LogP contribution >= 0.6 is 0 Å². The topological polar surface area (TPSA) is 82.2 Å². The summed E-state index contributed by atoms with van der Waals surface area (Å²) in [6.45, 7) is 9.06. The smallest absolute Gasteiger partial charge is 0.317 e. The zero-order valence-electron chi connectivity index (χ0n) is 19.0. The Kier molecular flexibility index (Phi) is 8.87. The first-order valence-electron chi connectivity index (χ1n) is 11.5. The molecule has 1 N–H and O–H groups in total. The van der Waals surface area contributed by atoms with E-state index in [9.17, 15) is 17.6 Å². The SMILES string of the molecule is CCC(CC)C(CNC(=O)N1CCN(S(=O)(=O)c2cccc(F)c2)CC1)N1CCOCC1. The molecule has 0 bridgehead atoms. The van der Waals surface area contributed by atoms with Crippen molar-refractivity contribution in [1.29, 1.82) is 0 Å².